The SMILES string of the molecule is CCCC(CCNC(C)(C)C)CCc1c(C2CCC2)ccc(-c2cnc(N)cn2)c1F. The first-order valence-corrected chi connectivity index (χ1v) is 11.9. The van der Waals surface area contributed by atoms with Gasteiger partial charge in [-0.1, -0.05) is 32.3 Å². The minimum atomic E-state index is -0.119. The van der Waals surface area contributed by atoms with Gasteiger partial charge in [-0.3, -0.25) is 4.98 Å². The molecule has 0 spiro atoms. The number of hydrogen-bond donors (Lipinski definition) is 2. The molecule has 2 aromatic rings. The quantitative estimate of drug-likeness (QED) is 0.471. The van der Waals surface area contributed by atoms with Crippen molar-refractivity contribution in [1.29, 1.82) is 0 Å². The summed E-state index contributed by atoms with van der Waals surface area (Å²) in [5.41, 5.74) is 8.98. The second-order valence-corrected chi connectivity index (χ2v) is 10.1. The molecule has 1 heterocycles. The minimum Gasteiger partial charge on any atom is -0.382 e. The predicted octanol–water partition coefficient (Wildman–Crippen LogP) is 6.26. The van der Waals surface area contributed by atoms with Gasteiger partial charge in [-0.25, -0.2) is 9.37 Å². The highest BCUT2D eigenvalue weighted by Gasteiger charge is 2.26. The molecule has 1 fully saturated rings. The Labute approximate surface area is 187 Å². The fraction of sp³-hybridized carbons (Fsp3) is 0.615. The molecule has 3 rings (SSSR count). The summed E-state index contributed by atoms with van der Waals surface area (Å²) in [5.74, 6) is 1.34. The maximum atomic E-state index is 15.8. The lowest BCUT2D eigenvalue weighted by Gasteiger charge is -2.29. The number of hydrogen-bond acceptors (Lipinski definition) is 4. The second kappa shape index (κ2) is 10.5. The Balaban J connectivity index is 1.79. The predicted molar refractivity (Wildman–Crippen MR) is 128 cm³/mol. The lowest BCUT2D eigenvalue weighted by atomic mass is 9.76. The van der Waals surface area contributed by atoms with E-state index in [-0.39, 0.29) is 11.4 Å². The van der Waals surface area contributed by atoms with Crippen LogP contribution in [0.1, 0.15) is 89.7 Å². The molecule has 1 atom stereocenters. The standard InChI is InChI=1S/C26H39FN4/c1-5-7-18(14-15-31-26(2,3)4)10-11-21-20(19-8-6-9-19)12-13-22(25(21)27)23-16-30-24(28)17-29-23/h12-13,16-19,31H,5-11,14-15H2,1-4H3,(H2,28,30). The third-order valence-corrected chi connectivity index (χ3v) is 6.48. The highest BCUT2D eigenvalue weighted by Crippen LogP contribution is 2.41. The van der Waals surface area contributed by atoms with Crippen molar-refractivity contribution in [3.63, 3.8) is 0 Å². The molecule has 0 amide bonds. The van der Waals surface area contributed by atoms with Crippen LogP contribution in [-0.2, 0) is 6.42 Å². The summed E-state index contributed by atoms with van der Waals surface area (Å²) in [6, 6.07) is 4.01. The Kier molecular flexibility index (Phi) is 8.04. The Morgan fingerprint density at radius 1 is 1.13 bits per heavy atom. The van der Waals surface area contributed by atoms with Gasteiger partial charge in [0, 0.05) is 11.1 Å². The maximum Gasteiger partial charge on any atom is 0.141 e. The van der Waals surface area contributed by atoms with Gasteiger partial charge in [0.1, 0.15) is 11.6 Å². The molecule has 31 heavy (non-hydrogen) atoms. The van der Waals surface area contributed by atoms with Crippen molar-refractivity contribution >= 4 is 5.82 Å². The van der Waals surface area contributed by atoms with E-state index in [9.17, 15) is 0 Å². The van der Waals surface area contributed by atoms with Crippen molar-refractivity contribution in [3.05, 3.63) is 41.5 Å². The molecule has 170 valence electrons. The van der Waals surface area contributed by atoms with E-state index in [1.807, 2.05) is 6.07 Å². The van der Waals surface area contributed by atoms with Gasteiger partial charge < -0.3 is 11.1 Å². The van der Waals surface area contributed by atoms with Crippen LogP contribution >= 0.6 is 0 Å². The van der Waals surface area contributed by atoms with E-state index in [0.29, 0.717) is 28.9 Å². The topological polar surface area (TPSA) is 63.8 Å². The monoisotopic (exact) mass is 426 g/mol. The second-order valence-electron chi connectivity index (χ2n) is 10.1. The number of nitrogens with two attached hydrogens (primary N) is 1. The van der Waals surface area contributed by atoms with E-state index >= 15 is 4.39 Å². The molecule has 0 bridgehead atoms. The lowest BCUT2D eigenvalue weighted by molar-refractivity contribution is 0.357. The van der Waals surface area contributed by atoms with Gasteiger partial charge in [0.15, 0.2) is 0 Å². The molecule has 3 N–H and O–H groups in total. The highest BCUT2D eigenvalue weighted by atomic mass is 19.1. The molecule has 5 heteroatoms. The Morgan fingerprint density at radius 3 is 2.48 bits per heavy atom. The van der Waals surface area contributed by atoms with E-state index in [0.717, 1.165) is 31.4 Å². The molecule has 1 aromatic heterocycles. The van der Waals surface area contributed by atoms with Crippen LogP contribution in [0.5, 0.6) is 0 Å². The number of nitrogens with one attached hydrogen (secondary N) is 1. The summed E-state index contributed by atoms with van der Waals surface area (Å²) in [6.07, 6.45) is 11.9. The fourth-order valence-electron chi connectivity index (χ4n) is 4.51. The molecule has 0 saturated heterocycles. The van der Waals surface area contributed by atoms with Crippen LogP contribution in [0.4, 0.5) is 10.2 Å². The number of halogens is 1. The van der Waals surface area contributed by atoms with Gasteiger partial charge in [0.2, 0.25) is 0 Å². The van der Waals surface area contributed by atoms with Gasteiger partial charge in [-0.15, -0.1) is 0 Å². The summed E-state index contributed by atoms with van der Waals surface area (Å²) in [6.45, 7) is 9.85. The zero-order valence-electron chi connectivity index (χ0n) is 19.7. The van der Waals surface area contributed by atoms with Gasteiger partial charge in [-0.2, -0.15) is 0 Å². The molecule has 0 aliphatic heterocycles. The van der Waals surface area contributed by atoms with Crippen molar-refractivity contribution in [2.45, 2.75) is 90.5 Å². The third kappa shape index (κ3) is 6.49. The van der Waals surface area contributed by atoms with Crippen LogP contribution in [0.25, 0.3) is 11.3 Å². The average Bonchev–Trinajstić information content (AvgIpc) is 2.66. The average molecular weight is 427 g/mol. The molecular weight excluding hydrogens is 387 g/mol. The highest BCUT2D eigenvalue weighted by molar-refractivity contribution is 5.62. The summed E-state index contributed by atoms with van der Waals surface area (Å²) in [4.78, 5) is 8.42. The lowest BCUT2D eigenvalue weighted by Crippen LogP contribution is -2.37. The van der Waals surface area contributed by atoms with E-state index in [1.165, 1.54) is 43.9 Å². The number of nitrogens with zero attached hydrogens (tertiary/aromatic N) is 2. The van der Waals surface area contributed by atoms with Crippen LogP contribution in [0, 0.1) is 11.7 Å². The van der Waals surface area contributed by atoms with Gasteiger partial charge in [0.05, 0.1) is 18.1 Å². The first-order valence-electron chi connectivity index (χ1n) is 11.9. The zero-order chi connectivity index (χ0) is 22.4. The Morgan fingerprint density at radius 2 is 1.90 bits per heavy atom. The van der Waals surface area contributed by atoms with Crippen LogP contribution in [0.15, 0.2) is 24.5 Å². The van der Waals surface area contributed by atoms with Crippen LogP contribution < -0.4 is 11.1 Å². The van der Waals surface area contributed by atoms with Crippen molar-refractivity contribution in [1.82, 2.24) is 15.3 Å². The third-order valence-electron chi connectivity index (χ3n) is 6.48. The molecule has 1 aliphatic rings. The van der Waals surface area contributed by atoms with Crippen molar-refractivity contribution in [3.8, 4) is 11.3 Å². The summed E-state index contributed by atoms with van der Waals surface area (Å²) in [5, 5.41) is 3.60. The molecule has 1 saturated carbocycles. The van der Waals surface area contributed by atoms with Crippen LogP contribution in [0.2, 0.25) is 0 Å². The van der Waals surface area contributed by atoms with Crippen molar-refractivity contribution < 1.29 is 4.39 Å². The Bertz CT molecular complexity index is 838. The number of nitrogen functional groups attached to an aromatic ring is 1. The largest absolute Gasteiger partial charge is 0.382 e. The summed E-state index contributed by atoms with van der Waals surface area (Å²) >= 11 is 0. The summed E-state index contributed by atoms with van der Waals surface area (Å²) in [7, 11) is 0. The zero-order valence-corrected chi connectivity index (χ0v) is 19.7. The molecule has 1 unspecified atom stereocenters. The summed E-state index contributed by atoms with van der Waals surface area (Å²) < 4.78 is 15.8. The molecule has 4 nitrogen and oxygen atoms in total. The number of aromatic nitrogens is 2. The Hall–Kier alpha value is -2.01. The van der Waals surface area contributed by atoms with Gasteiger partial charge in [-0.05, 0) is 88.4 Å². The van der Waals surface area contributed by atoms with Crippen molar-refractivity contribution in [2.24, 2.45) is 5.92 Å². The smallest absolute Gasteiger partial charge is 0.141 e. The molecular formula is C26H39FN4. The first-order chi connectivity index (χ1) is 14.8. The first kappa shape index (κ1) is 23.6. The van der Waals surface area contributed by atoms with Crippen LogP contribution in [-0.4, -0.2) is 22.1 Å². The van der Waals surface area contributed by atoms with E-state index in [1.54, 1.807) is 6.20 Å². The van der Waals surface area contributed by atoms with E-state index in [2.05, 4.69) is 49.0 Å². The molecule has 1 aromatic carbocycles. The van der Waals surface area contributed by atoms with Gasteiger partial charge >= 0.3 is 0 Å². The maximum absolute atomic E-state index is 15.8. The van der Waals surface area contributed by atoms with Gasteiger partial charge in [0.25, 0.3) is 0 Å². The molecule has 0 radical (unpaired) electrons. The fourth-order valence-corrected chi connectivity index (χ4v) is 4.51. The van der Waals surface area contributed by atoms with E-state index in [4.69, 9.17) is 5.73 Å². The molecule has 1 aliphatic carbocycles. The normalized spacial score (nSPS) is 15.6. The van der Waals surface area contributed by atoms with Crippen LogP contribution in [0.3, 0.4) is 0 Å². The number of rotatable bonds is 10. The van der Waals surface area contributed by atoms with E-state index < -0.39 is 0 Å². The number of benzene rings is 1. The minimum absolute atomic E-state index is 0.119. The number of anilines is 1. The van der Waals surface area contributed by atoms with Crippen molar-refractivity contribution in [2.75, 3.05) is 12.3 Å².